The number of nitrogens with zero attached hydrogens (tertiary/aromatic N) is 1. The molecule has 1 aromatic heterocycles. The molecule has 0 saturated carbocycles. The van der Waals surface area contributed by atoms with Gasteiger partial charge in [0, 0.05) is 38.6 Å². The summed E-state index contributed by atoms with van der Waals surface area (Å²) in [5.41, 5.74) is 1.79. The smallest absolute Gasteiger partial charge is 0.254 e. The Morgan fingerprint density at radius 3 is 2.58 bits per heavy atom. The molecule has 2 amide bonds. The summed E-state index contributed by atoms with van der Waals surface area (Å²) >= 11 is 0. The average molecular weight is 355 g/mol. The highest BCUT2D eigenvalue weighted by atomic mass is 16.3. The summed E-state index contributed by atoms with van der Waals surface area (Å²) in [5.74, 6) is -0.236. The highest BCUT2D eigenvalue weighted by Gasteiger charge is 2.20. The first-order valence-electron chi connectivity index (χ1n) is 9.07. The van der Waals surface area contributed by atoms with Crippen LogP contribution in [0.5, 0.6) is 0 Å². The van der Waals surface area contributed by atoms with Crippen LogP contribution < -0.4 is 10.6 Å². The minimum Gasteiger partial charge on any atom is -0.472 e. The van der Waals surface area contributed by atoms with E-state index in [0.29, 0.717) is 12.1 Å². The number of carbonyl (C=O) groups excluding carboxylic acids is 2. The molecule has 1 aliphatic heterocycles. The van der Waals surface area contributed by atoms with Gasteiger partial charge in [-0.25, -0.2) is 0 Å². The van der Waals surface area contributed by atoms with Gasteiger partial charge in [0.15, 0.2) is 0 Å². The Labute approximate surface area is 153 Å². The van der Waals surface area contributed by atoms with Crippen molar-refractivity contribution >= 4 is 11.8 Å². The van der Waals surface area contributed by atoms with E-state index in [2.05, 4.69) is 39.8 Å². The molecule has 138 valence electrons. The number of nitrogens with one attached hydrogen (secondary N) is 2. The van der Waals surface area contributed by atoms with Crippen LogP contribution in [0.4, 0.5) is 0 Å². The van der Waals surface area contributed by atoms with Crippen LogP contribution in [-0.4, -0.2) is 42.4 Å². The lowest BCUT2D eigenvalue weighted by Gasteiger charge is -2.32. The maximum atomic E-state index is 12.1. The molecule has 2 aromatic rings. The van der Waals surface area contributed by atoms with Crippen LogP contribution >= 0.6 is 0 Å². The van der Waals surface area contributed by atoms with Crippen molar-refractivity contribution in [1.82, 2.24) is 15.5 Å². The van der Waals surface area contributed by atoms with Crippen molar-refractivity contribution in [3.8, 4) is 0 Å². The van der Waals surface area contributed by atoms with Crippen molar-refractivity contribution in [2.75, 3.05) is 19.6 Å². The number of carbonyl (C=O) groups is 2. The molecule has 6 heteroatoms. The van der Waals surface area contributed by atoms with E-state index in [0.717, 1.165) is 32.5 Å². The van der Waals surface area contributed by atoms with Crippen LogP contribution in [0.3, 0.4) is 0 Å². The van der Waals surface area contributed by atoms with E-state index in [4.69, 9.17) is 4.42 Å². The normalized spacial score (nSPS) is 15.5. The second-order valence-electron chi connectivity index (χ2n) is 6.62. The number of piperidine rings is 1. The largest absolute Gasteiger partial charge is 0.472 e. The van der Waals surface area contributed by atoms with Crippen LogP contribution in [-0.2, 0) is 11.3 Å². The van der Waals surface area contributed by atoms with Gasteiger partial charge in [-0.15, -0.1) is 0 Å². The van der Waals surface area contributed by atoms with Gasteiger partial charge in [-0.2, -0.15) is 0 Å². The number of benzene rings is 1. The van der Waals surface area contributed by atoms with Gasteiger partial charge in [-0.05, 0) is 24.5 Å². The monoisotopic (exact) mass is 355 g/mol. The minimum absolute atomic E-state index is 0.0148. The highest BCUT2D eigenvalue weighted by Crippen LogP contribution is 2.14. The topological polar surface area (TPSA) is 74.6 Å². The second kappa shape index (κ2) is 9.20. The Morgan fingerprint density at radius 1 is 1.12 bits per heavy atom. The van der Waals surface area contributed by atoms with Gasteiger partial charge in [0.2, 0.25) is 5.91 Å². The molecule has 2 heterocycles. The van der Waals surface area contributed by atoms with Crippen LogP contribution in [0.15, 0.2) is 53.3 Å². The first-order chi connectivity index (χ1) is 12.7. The zero-order valence-electron chi connectivity index (χ0n) is 14.8. The van der Waals surface area contributed by atoms with E-state index in [1.807, 2.05) is 6.07 Å². The molecule has 1 aliphatic rings. The Hall–Kier alpha value is -2.60. The van der Waals surface area contributed by atoms with Crippen LogP contribution in [0.25, 0.3) is 0 Å². The predicted octanol–water partition coefficient (Wildman–Crippen LogP) is 2.18. The van der Waals surface area contributed by atoms with Gasteiger partial charge in [0.1, 0.15) is 6.26 Å². The maximum Gasteiger partial charge on any atom is 0.254 e. The van der Waals surface area contributed by atoms with Crippen LogP contribution in [0.2, 0.25) is 0 Å². The molecule has 0 radical (unpaired) electrons. The molecule has 1 saturated heterocycles. The van der Waals surface area contributed by atoms with Gasteiger partial charge < -0.3 is 15.1 Å². The lowest BCUT2D eigenvalue weighted by Crippen LogP contribution is -2.45. The minimum atomic E-state index is -0.222. The molecule has 0 atom stereocenters. The van der Waals surface area contributed by atoms with E-state index >= 15 is 0 Å². The Kier molecular flexibility index (Phi) is 6.44. The molecule has 1 fully saturated rings. The molecule has 26 heavy (non-hydrogen) atoms. The Bertz CT molecular complexity index is 692. The molecular weight excluding hydrogens is 330 g/mol. The first-order valence-corrected chi connectivity index (χ1v) is 9.07. The summed E-state index contributed by atoms with van der Waals surface area (Å²) in [6, 6.07) is 12.3. The SMILES string of the molecule is O=C(CCNC(=O)c1ccoc1)NC1CCN(Cc2ccccc2)CC1. The fraction of sp³-hybridized carbons (Fsp3) is 0.400. The lowest BCUT2D eigenvalue weighted by molar-refractivity contribution is -0.122. The molecule has 0 bridgehead atoms. The zero-order valence-corrected chi connectivity index (χ0v) is 14.8. The maximum absolute atomic E-state index is 12.1. The summed E-state index contributed by atoms with van der Waals surface area (Å²) in [6.07, 6.45) is 5.04. The third kappa shape index (κ3) is 5.46. The van der Waals surface area contributed by atoms with E-state index < -0.39 is 0 Å². The summed E-state index contributed by atoms with van der Waals surface area (Å²) in [6.45, 7) is 3.25. The molecule has 6 nitrogen and oxygen atoms in total. The number of hydrogen-bond acceptors (Lipinski definition) is 4. The van der Waals surface area contributed by atoms with Gasteiger partial charge >= 0.3 is 0 Å². The average Bonchev–Trinajstić information content (AvgIpc) is 3.19. The number of hydrogen-bond donors (Lipinski definition) is 2. The second-order valence-corrected chi connectivity index (χ2v) is 6.62. The van der Waals surface area contributed by atoms with Gasteiger partial charge in [-0.3, -0.25) is 14.5 Å². The molecule has 1 aromatic carbocycles. The molecule has 0 unspecified atom stereocenters. The standard InChI is InChI=1S/C20H25N3O3/c24-19(6-10-21-20(25)17-9-13-26-15-17)22-18-7-11-23(12-8-18)14-16-4-2-1-3-5-16/h1-5,9,13,15,18H,6-8,10-12,14H2,(H,21,25)(H,22,24). The molecule has 3 rings (SSSR count). The van der Waals surface area contributed by atoms with Crippen molar-refractivity contribution in [1.29, 1.82) is 0 Å². The van der Waals surface area contributed by atoms with Crippen molar-refractivity contribution < 1.29 is 14.0 Å². The Morgan fingerprint density at radius 2 is 1.88 bits per heavy atom. The van der Waals surface area contributed by atoms with Crippen molar-refractivity contribution in [2.24, 2.45) is 0 Å². The summed E-state index contributed by atoms with van der Waals surface area (Å²) < 4.78 is 4.87. The summed E-state index contributed by atoms with van der Waals surface area (Å²) in [7, 11) is 0. The third-order valence-electron chi connectivity index (χ3n) is 4.62. The fourth-order valence-corrected chi connectivity index (χ4v) is 3.16. The summed E-state index contributed by atoms with van der Waals surface area (Å²) in [4.78, 5) is 26.2. The van der Waals surface area contributed by atoms with E-state index in [-0.39, 0.29) is 24.3 Å². The molecular formula is C20H25N3O3. The number of furan rings is 1. The van der Waals surface area contributed by atoms with Crippen LogP contribution in [0, 0.1) is 0 Å². The van der Waals surface area contributed by atoms with Crippen molar-refractivity contribution in [3.05, 3.63) is 60.1 Å². The van der Waals surface area contributed by atoms with E-state index in [9.17, 15) is 9.59 Å². The highest BCUT2D eigenvalue weighted by molar-refractivity contribution is 5.94. The molecule has 2 N–H and O–H groups in total. The number of rotatable bonds is 7. The number of likely N-dealkylation sites (tertiary alicyclic amines) is 1. The fourth-order valence-electron chi connectivity index (χ4n) is 3.16. The van der Waals surface area contributed by atoms with E-state index in [1.165, 1.54) is 18.1 Å². The van der Waals surface area contributed by atoms with Crippen molar-refractivity contribution in [3.63, 3.8) is 0 Å². The summed E-state index contributed by atoms with van der Waals surface area (Å²) in [5, 5.41) is 5.80. The van der Waals surface area contributed by atoms with Gasteiger partial charge in [-0.1, -0.05) is 30.3 Å². The van der Waals surface area contributed by atoms with E-state index in [1.54, 1.807) is 6.07 Å². The molecule has 0 spiro atoms. The van der Waals surface area contributed by atoms with Crippen molar-refractivity contribution in [2.45, 2.75) is 31.8 Å². The third-order valence-corrected chi connectivity index (χ3v) is 4.62. The van der Waals surface area contributed by atoms with Gasteiger partial charge in [0.25, 0.3) is 5.91 Å². The predicted molar refractivity (Wildman–Crippen MR) is 98.5 cm³/mol. The quantitative estimate of drug-likeness (QED) is 0.798. The lowest BCUT2D eigenvalue weighted by atomic mass is 10.0. The Balaban J connectivity index is 1.31. The first kappa shape index (κ1) is 18.2. The van der Waals surface area contributed by atoms with Gasteiger partial charge in [0.05, 0.1) is 11.8 Å². The molecule has 0 aliphatic carbocycles. The number of amides is 2. The van der Waals surface area contributed by atoms with Crippen LogP contribution in [0.1, 0.15) is 35.2 Å². The zero-order chi connectivity index (χ0) is 18.2.